The van der Waals surface area contributed by atoms with Crippen LogP contribution in [0.5, 0.6) is 0 Å². The van der Waals surface area contributed by atoms with Crippen molar-refractivity contribution in [1.29, 1.82) is 0 Å². The predicted molar refractivity (Wildman–Crippen MR) is 86.5 cm³/mol. The molecule has 2 aliphatic heterocycles. The molecule has 2 atom stereocenters. The number of nitrogens with one attached hydrogen (secondary N) is 4. The number of hydrogen-bond acceptors (Lipinski definition) is 4. The maximum absolute atomic E-state index is 11.8. The standard InChI is InChI=1S/C16H30N4O2/c21-15(13-7-5-11-17-13)19-9-3-1-2-4-10-20-16(22)14-8-6-12-18-14/h13-14,17-18H,1-12H2,(H,19,21)(H,20,22)/t13-,14-/m1/s1. The van der Waals surface area contributed by atoms with E-state index in [2.05, 4.69) is 21.3 Å². The molecule has 0 radical (unpaired) electrons. The van der Waals surface area contributed by atoms with E-state index in [-0.39, 0.29) is 23.9 Å². The molecule has 0 spiro atoms. The first-order valence-electron chi connectivity index (χ1n) is 8.79. The zero-order chi connectivity index (χ0) is 15.6. The van der Waals surface area contributed by atoms with Crippen molar-refractivity contribution < 1.29 is 9.59 Å². The van der Waals surface area contributed by atoms with Crippen molar-refractivity contribution in [2.24, 2.45) is 0 Å². The highest BCUT2D eigenvalue weighted by Gasteiger charge is 2.21. The SMILES string of the molecule is O=C(NCCCCCCNC(=O)[C@H]1CCCN1)[C@H]1CCCN1. The fraction of sp³-hybridized carbons (Fsp3) is 0.875. The van der Waals surface area contributed by atoms with E-state index in [4.69, 9.17) is 0 Å². The maximum atomic E-state index is 11.8. The average Bonchev–Trinajstić information content (AvgIpc) is 3.22. The smallest absolute Gasteiger partial charge is 0.237 e. The fourth-order valence-corrected chi connectivity index (χ4v) is 3.09. The van der Waals surface area contributed by atoms with Crippen LogP contribution in [0.3, 0.4) is 0 Å². The van der Waals surface area contributed by atoms with Crippen LogP contribution in [0.1, 0.15) is 51.4 Å². The van der Waals surface area contributed by atoms with Crippen molar-refractivity contribution >= 4 is 11.8 Å². The lowest BCUT2D eigenvalue weighted by Crippen LogP contribution is -2.40. The zero-order valence-corrected chi connectivity index (χ0v) is 13.5. The average molecular weight is 310 g/mol. The molecule has 0 aromatic rings. The van der Waals surface area contributed by atoms with Gasteiger partial charge in [-0.15, -0.1) is 0 Å². The lowest BCUT2D eigenvalue weighted by molar-refractivity contribution is -0.123. The molecule has 0 unspecified atom stereocenters. The van der Waals surface area contributed by atoms with E-state index in [9.17, 15) is 9.59 Å². The lowest BCUT2D eigenvalue weighted by Gasteiger charge is -2.11. The van der Waals surface area contributed by atoms with Crippen LogP contribution in [0.2, 0.25) is 0 Å². The second-order valence-corrected chi connectivity index (χ2v) is 6.29. The Bertz CT molecular complexity index is 316. The largest absolute Gasteiger partial charge is 0.355 e. The van der Waals surface area contributed by atoms with E-state index in [1.54, 1.807) is 0 Å². The molecule has 0 aliphatic carbocycles. The summed E-state index contributed by atoms with van der Waals surface area (Å²) in [6.07, 6.45) is 8.32. The van der Waals surface area contributed by atoms with Crippen molar-refractivity contribution in [2.45, 2.75) is 63.5 Å². The Morgan fingerprint density at radius 1 is 0.773 bits per heavy atom. The first kappa shape index (κ1) is 17.2. The second kappa shape index (κ2) is 9.79. The number of amides is 2. The van der Waals surface area contributed by atoms with E-state index in [1.165, 1.54) is 0 Å². The van der Waals surface area contributed by atoms with Crippen LogP contribution in [-0.2, 0) is 9.59 Å². The van der Waals surface area contributed by atoms with Gasteiger partial charge < -0.3 is 21.3 Å². The van der Waals surface area contributed by atoms with Gasteiger partial charge in [-0.2, -0.15) is 0 Å². The van der Waals surface area contributed by atoms with Crippen LogP contribution in [0.15, 0.2) is 0 Å². The van der Waals surface area contributed by atoms with E-state index in [0.717, 1.165) is 77.5 Å². The van der Waals surface area contributed by atoms with Crippen LogP contribution in [-0.4, -0.2) is 50.1 Å². The molecular weight excluding hydrogens is 280 g/mol. The Labute approximate surface area is 133 Å². The molecule has 0 bridgehead atoms. The molecule has 2 aliphatic rings. The summed E-state index contributed by atoms with van der Waals surface area (Å²) < 4.78 is 0. The van der Waals surface area contributed by atoms with Gasteiger partial charge in [0.05, 0.1) is 12.1 Å². The normalized spacial score (nSPS) is 24.4. The molecule has 126 valence electrons. The topological polar surface area (TPSA) is 82.3 Å². The minimum atomic E-state index is 0.0272. The van der Waals surface area contributed by atoms with Gasteiger partial charge in [0, 0.05) is 13.1 Å². The van der Waals surface area contributed by atoms with E-state index in [0.29, 0.717) is 0 Å². The quantitative estimate of drug-likeness (QED) is 0.461. The number of unbranched alkanes of at least 4 members (excludes halogenated alkanes) is 3. The van der Waals surface area contributed by atoms with Gasteiger partial charge in [0.25, 0.3) is 0 Å². The summed E-state index contributed by atoms with van der Waals surface area (Å²) >= 11 is 0. The van der Waals surface area contributed by atoms with Gasteiger partial charge in [-0.1, -0.05) is 12.8 Å². The van der Waals surface area contributed by atoms with Gasteiger partial charge in [0.2, 0.25) is 11.8 Å². The van der Waals surface area contributed by atoms with Gasteiger partial charge in [-0.25, -0.2) is 0 Å². The summed E-state index contributed by atoms with van der Waals surface area (Å²) in [6.45, 7) is 3.44. The Balaban J connectivity index is 1.38. The van der Waals surface area contributed by atoms with Crippen molar-refractivity contribution in [3.8, 4) is 0 Å². The molecule has 2 amide bonds. The maximum Gasteiger partial charge on any atom is 0.237 e. The van der Waals surface area contributed by atoms with Crippen LogP contribution < -0.4 is 21.3 Å². The molecule has 2 fully saturated rings. The van der Waals surface area contributed by atoms with Crippen LogP contribution in [0.25, 0.3) is 0 Å². The molecule has 6 heteroatoms. The predicted octanol–water partition coefficient (Wildman–Crippen LogP) is 0.283. The summed E-state index contributed by atoms with van der Waals surface area (Å²) in [5.74, 6) is 0.294. The van der Waals surface area contributed by atoms with Crippen molar-refractivity contribution in [1.82, 2.24) is 21.3 Å². The molecule has 2 saturated heterocycles. The molecule has 22 heavy (non-hydrogen) atoms. The third kappa shape index (κ3) is 5.93. The fourth-order valence-electron chi connectivity index (χ4n) is 3.09. The van der Waals surface area contributed by atoms with Crippen LogP contribution in [0.4, 0.5) is 0 Å². The summed E-state index contributed by atoms with van der Waals surface area (Å²) in [5.41, 5.74) is 0. The Hall–Kier alpha value is -1.14. The van der Waals surface area contributed by atoms with E-state index >= 15 is 0 Å². The highest BCUT2D eigenvalue weighted by Crippen LogP contribution is 2.06. The van der Waals surface area contributed by atoms with Gasteiger partial charge in [-0.05, 0) is 51.6 Å². The Kier molecular flexibility index (Phi) is 7.66. The summed E-state index contributed by atoms with van der Waals surface area (Å²) in [4.78, 5) is 23.5. The number of carbonyl (C=O) groups excluding carboxylic acids is 2. The van der Waals surface area contributed by atoms with Gasteiger partial charge >= 0.3 is 0 Å². The van der Waals surface area contributed by atoms with E-state index in [1.807, 2.05) is 0 Å². The van der Waals surface area contributed by atoms with Crippen molar-refractivity contribution in [3.05, 3.63) is 0 Å². The second-order valence-electron chi connectivity index (χ2n) is 6.29. The van der Waals surface area contributed by atoms with Gasteiger partial charge in [0.1, 0.15) is 0 Å². The van der Waals surface area contributed by atoms with Crippen molar-refractivity contribution in [3.63, 3.8) is 0 Å². The molecule has 0 aromatic carbocycles. The highest BCUT2D eigenvalue weighted by atomic mass is 16.2. The van der Waals surface area contributed by atoms with Gasteiger partial charge in [-0.3, -0.25) is 9.59 Å². The summed E-state index contributed by atoms with van der Waals surface area (Å²) in [6, 6.07) is 0.0545. The Morgan fingerprint density at radius 3 is 1.59 bits per heavy atom. The van der Waals surface area contributed by atoms with Crippen LogP contribution >= 0.6 is 0 Å². The molecule has 0 aromatic heterocycles. The molecule has 2 rings (SSSR count). The number of hydrogen-bond donors (Lipinski definition) is 4. The molecule has 6 nitrogen and oxygen atoms in total. The first-order valence-corrected chi connectivity index (χ1v) is 8.79. The van der Waals surface area contributed by atoms with Crippen molar-refractivity contribution in [2.75, 3.05) is 26.2 Å². The minimum Gasteiger partial charge on any atom is -0.355 e. The Morgan fingerprint density at radius 2 is 1.23 bits per heavy atom. The minimum absolute atomic E-state index is 0.0272. The third-order valence-corrected chi connectivity index (χ3v) is 4.46. The molecule has 2 heterocycles. The summed E-state index contributed by atoms with van der Waals surface area (Å²) in [7, 11) is 0. The van der Waals surface area contributed by atoms with Crippen LogP contribution in [0, 0.1) is 0 Å². The van der Waals surface area contributed by atoms with Gasteiger partial charge in [0.15, 0.2) is 0 Å². The first-order chi connectivity index (χ1) is 10.8. The third-order valence-electron chi connectivity index (χ3n) is 4.46. The molecular formula is C16H30N4O2. The summed E-state index contributed by atoms with van der Waals surface area (Å²) in [5, 5.41) is 12.4. The van der Waals surface area contributed by atoms with E-state index < -0.39 is 0 Å². The number of carbonyl (C=O) groups is 2. The highest BCUT2D eigenvalue weighted by molar-refractivity contribution is 5.82. The molecule has 4 N–H and O–H groups in total. The lowest BCUT2D eigenvalue weighted by atomic mass is 10.1. The zero-order valence-electron chi connectivity index (χ0n) is 13.5. The number of rotatable bonds is 9. The monoisotopic (exact) mass is 310 g/mol. The molecule has 0 saturated carbocycles.